The van der Waals surface area contributed by atoms with E-state index in [1.54, 1.807) is 29.2 Å². The molecule has 3 rings (SSSR count). The second kappa shape index (κ2) is 7.90. The smallest absolute Gasteiger partial charge is 0.257 e. The van der Waals surface area contributed by atoms with Crippen molar-refractivity contribution < 1.29 is 18.0 Å². The molecule has 1 aliphatic rings. The lowest BCUT2D eigenvalue weighted by Gasteiger charge is -2.20. The van der Waals surface area contributed by atoms with E-state index in [0.717, 1.165) is 10.7 Å². The fraction of sp³-hybridized carbons (Fsp3) is 0.263. The fourth-order valence-corrected chi connectivity index (χ4v) is 4.09. The van der Waals surface area contributed by atoms with Crippen molar-refractivity contribution in [2.75, 3.05) is 30.9 Å². The average molecular weight is 422 g/mol. The minimum Gasteiger partial charge on any atom is -0.320 e. The molecule has 148 valence electrons. The molecule has 1 saturated heterocycles. The number of hydrogen-bond acceptors (Lipinski definition) is 4. The topological polar surface area (TPSA) is 86.8 Å². The highest BCUT2D eigenvalue weighted by Gasteiger charge is 2.25. The van der Waals surface area contributed by atoms with Gasteiger partial charge in [0.15, 0.2) is 0 Å². The molecule has 0 atom stereocenters. The summed E-state index contributed by atoms with van der Waals surface area (Å²) >= 11 is 6.14. The van der Waals surface area contributed by atoms with Gasteiger partial charge in [-0.25, -0.2) is 12.7 Å². The molecule has 7 nitrogen and oxygen atoms in total. The van der Waals surface area contributed by atoms with Crippen LogP contribution < -0.4 is 10.2 Å². The van der Waals surface area contributed by atoms with E-state index in [1.165, 1.54) is 32.3 Å². The van der Waals surface area contributed by atoms with Gasteiger partial charge in [-0.15, -0.1) is 0 Å². The minimum absolute atomic E-state index is 0.00111. The highest BCUT2D eigenvalue weighted by atomic mass is 35.5. The maximum absolute atomic E-state index is 12.8. The van der Waals surface area contributed by atoms with Crippen LogP contribution in [0.2, 0.25) is 5.02 Å². The number of amides is 2. The van der Waals surface area contributed by atoms with Crippen molar-refractivity contribution in [1.82, 2.24) is 4.31 Å². The number of nitrogens with one attached hydrogen (secondary N) is 1. The van der Waals surface area contributed by atoms with Gasteiger partial charge >= 0.3 is 0 Å². The Labute approximate surface area is 168 Å². The van der Waals surface area contributed by atoms with E-state index in [4.69, 9.17) is 11.6 Å². The fourth-order valence-electron chi connectivity index (χ4n) is 2.96. The molecule has 2 amide bonds. The average Bonchev–Trinajstić information content (AvgIpc) is 3.08. The maximum Gasteiger partial charge on any atom is 0.257 e. The maximum atomic E-state index is 12.8. The molecule has 9 heteroatoms. The van der Waals surface area contributed by atoms with Gasteiger partial charge in [0.1, 0.15) is 0 Å². The van der Waals surface area contributed by atoms with Crippen LogP contribution in [0.1, 0.15) is 23.2 Å². The van der Waals surface area contributed by atoms with Crippen LogP contribution in [0.25, 0.3) is 0 Å². The van der Waals surface area contributed by atoms with Crippen molar-refractivity contribution in [3.05, 3.63) is 53.1 Å². The van der Waals surface area contributed by atoms with Crippen molar-refractivity contribution in [3.8, 4) is 0 Å². The molecule has 2 aromatic rings. The number of benzene rings is 2. The van der Waals surface area contributed by atoms with Crippen LogP contribution in [0.3, 0.4) is 0 Å². The Kier molecular flexibility index (Phi) is 5.74. The highest BCUT2D eigenvalue weighted by molar-refractivity contribution is 7.89. The predicted octanol–water partition coefficient (Wildman–Crippen LogP) is 2.97. The summed E-state index contributed by atoms with van der Waals surface area (Å²) < 4.78 is 25.8. The molecule has 0 bridgehead atoms. The number of carbonyl (C=O) groups is 2. The lowest BCUT2D eigenvalue weighted by atomic mass is 10.2. The molecule has 1 fully saturated rings. The molecule has 1 N–H and O–H groups in total. The summed E-state index contributed by atoms with van der Waals surface area (Å²) in [4.78, 5) is 26.5. The summed E-state index contributed by atoms with van der Waals surface area (Å²) in [7, 11) is -0.890. The van der Waals surface area contributed by atoms with E-state index in [1.807, 2.05) is 0 Å². The molecule has 1 heterocycles. The predicted molar refractivity (Wildman–Crippen MR) is 108 cm³/mol. The molecule has 0 unspecified atom stereocenters. The monoisotopic (exact) mass is 421 g/mol. The van der Waals surface area contributed by atoms with E-state index < -0.39 is 15.9 Å². The Morgan fingerprint density at radius 3 is 2.54 bits per heavy atom. The van der Waals surface area contributed by atoms with Gasteiger partial charge in [-0.3, -0.25) is 9.59 Å². The third-order valence-electron chi connectivity index (χ3n) is 4.48. The number of para-hydroxylation sites is 2. The zero-order chi connectivity index (χ0) is 20.5. The molecule has 1 aliphatic heterocycles. The van der Waals surface area contributed by atoms with Gasteiger partial charge in [-0.05, 0) is 36.8 Å². The molecule has 0 spiro atoms. The molecule has 0 aliphatic carbocycles. The summed E-state index contributed by atoms with van der Waals surface area (Å²) in [5.74, 6) is -0.557. The Hall–Kier alpha value is -2.42. The molecular formula is C19H20ClN3O4S. The second-order valence-electron chi connectivity index (χ2n) is 6.55. The standard InChI is InChI=1S/C19H20ClN3O4S/c1-22(2)28(26,27)13-9-10-15(20)14(12-13)19(25)21-16-6-3-4-7-17(16)23-11-5-8-18(23)24/h3-4,6-7,9-10,12H,5,8,11H2,1-2H3,(H,21,25). The zero-order valence-electron chi connectivity index (χ0n) is 15.5. The van der Waals surface area contributed by atoms with Crippen LogP contribution in [0.15, 0.2) is 47.4 Å². The Morgan fingerprint density at radius 1 is 1.18 bits per heavy atom. The van der Waals surface area contributed by atoms with Crippen LogP contribution in [-0.2, 0) is 14.8 Å². The number of hydrogen-bond donors (Lipinski definition) is 1. The number of halogens is 1. The second-order valence-corrected chi connectivity index (χ2v) is 9.11. The van der Waals surface area contributed by atoms with Crippen LogP contribution in [-0.4, -0.2) is 45.2 Å². The first-order valence-corrected chi connectivity index (χ1v) is 10.5. The van der Waals surface area contributed by atoms with E-state index in [0.29, 0.717) is 24.3 Å². The van der Waals surface area contributed by atoms with Gasteiger partial charge in [-0.1, -0.05) is 23.7 Å². The largest absolute Gasteiger partial charge is 0.320 e. The Morgan fingerprint density at radius 2 is 1.89 bits per heavy atom. The van der Waals surface area contributed by atoms with Gasteiger partial charge in [0.05, 0.1) is 26.9 Å². The summed E-state index contributed by atoms with van der Waals surface area (Å²) in [6.45, 7) is 0.586. The molecule has 0 aromatic heterocycles. The van der Waals surface area contributed by atoms with Gasteiger partial charge in [0.25, 0.3) is 5.91 Å². The summed E-state index contributed by atoms with van der Waals surface area (Å²) in [5.41, 5.74) is 1.10. The van der Waals surface area contributed by atoms with Crippen LogP contribution in [0, 0.1) is 0 Å². The van der Waals surface area contributed by atoms with Crippen molar-refractivity contribution in [2.24, 2.45) is 0 Å². The Bertz CT molecular complexity index is 1040. The van der Waals surface area contributed by atoms with Gasteiger partial charge in [-0.2, -0.15) is 0 Å². The third-order valence-corrected chi connectivity index (χ3v) is 6.62. The van der Waals surface area contributed by atoms with Crippen LogP contribution in [0.5, 0.6) is 0 Å². The summed E-state index contributed by atoms with van der Waals surface area (Å²) in [5, 5.41) is 2.88. The summed E-state index contributed by atoms with van der Waals surface area (Å²) in [6, 6.07) is 11.0. The SMILES string of the molecule is CN(C)S(=O)(=O)c1ccc(Cl)c(C(=O)Nc2ccccc2N2CCCC2=O)c1. The zero-order valence-corrected chi connectivity index (χ0v) is 17.0. The molecular weight excluding hydrogens is 402 g/mol. The van der Waals surface area contributed by atoms with E-state index in [2.05, 4.69) is 5.32 Å². The number of nitrogens with zero attached hydrogens (tertiary/aromatic N) is 2. The molecule has 0 saturated carbocycles. The van der Waals surface area contributed by atoms with Crippen LogP contribution >= 0.6 is 11.6 Å². The molecule has 2 aromatic carbocycles. The minimum atomic E-state index is -3.71. The lowest BCUT2D eigenvalue weighted by Crippen LogP contribution is -2.26. The van der Waals surface area contributed by atoms with Crippen molar-refractivity contribution in [1.29, 1.82) is 0 Å². The van der Waals surface area contributed by atoms with Crippen molar-refractivity contribution >= 4 is 44.8 Å². The number of sulfonamides is 1. The van der Waals surface area contributed by atoms with Crippen molar-refractivity contribution in [3.63, 3.8) is 0 Å². The van der Waals surface area contributed by atoms with E-state index >= 15 is 0 Å². The van der Waals surface area contributed by atoms with Crippen LogP contribution in [0.4, 0.5) is 11.4 Å². The normalized spacial score (nSPS) is 14.6. The van der Waals surface area contributed by atoms with Gasteiger partial charge in [0, 0.05) is 27.1 Å². The number of anilines is 2. The molecule has 0 radical (unpaired) electrons. The first-order valence-electron chi connectivity index (χ1n) is 8.64. The summed E-state index contributed by atoms with van der Waals surface area (Å²) in [6.07, 6.45) is 1.23. The number of rotatable bonds is 5. The quantitative estimate of drug-likeness (QED) is 0.804. The van der Waals surface area contributed by atoms with E-state index in [9.17, 15) is 18.0 Å². The number of carbonyl (C=O) groups excluding carboxylic acids is 2. The third kappa shape index (κ3) is 3.89. The van der Waals surface area contributed by atoms with E-state index in [-0.39, 0.29) is 21.4 Å². The lowest BCUT2D eigenvalue weighted by molar-refractivity contribution is -0.117. The first-order chi connectivity index (χ1) is 13.2. The Balaban J connectivity index is 1.94. The van der Waals surface area contributed by atoms with Gasteiger partial charge in [0.2, 0.25) is 15.9 Å². The van der Waals surface area contributed by atoms with Gasteiger partial charge < -0.3 is 10.2 Å². The van der Waals surface area contributed by atoms with Crippen molar-refractivity contribution in [2.45, 2.75) is 17.7 Å². The molecule has 28 heavy (non-hydrogen) atoms. The first kappa shape index (κ1) is 20.3. The highest BCUT2D eigenvalue weighted by Crippen LogP contribution is 2.30.